The molecule has 8 nitrogen and oxygen atoms in total. The number of aromatic nitrogens is 1. The second kappa shape index (κ2) is 10.2. The molecule has 1 fully saturated rings. The molecule has 3 N–H and O–H groups in total. The number of benzene rings is 2. The van der Waals surface area contributed by atoms with E-state index in [4.69, 9.17) is 14.7 Å². The molecule has 0 bridgehead atoms. The van der Waals surface area contributed by atoms with Crippen LogP contribution in [-0.4, -0.2) is 45.8 Å². The van der Waals surface area contributed by atoms with Crippen molar-refractivity contribution in [3.05, 3.63) is 71.4 Å². The summed E-state index contributed by atoms with van der Waals surface area (Å²) >= 11 is 1.63. The first-order valence-corrected chi connectivity index (χ1v) is 11.7. The van der Waals surface area contributed by atoms with Crippen LogP contribution in [0.15, 0.2) is 54.6 Å². The molecule has 2 amide bonds. The van der Waals surface area contributed by atoms with Gasteiger partial charge in [0.25, 0.3) is 11.8 Å². The highest BCUT2D eigenvalue weighted by Gasteiger charge is 2.37. The van der Waals surface area contributed by atoms with E-state index in [1.54, 1.807) is 36.0 Å². The molecule has 1 aromatic heterocycles. The Labute approximate surface area is 195 Å². The van der Waals surface area contributed by atoms with Gasteiger partial charge in [0.05, 0.1) is 5.52 Å². The fraction of sp³-hybridized carbons (Fsp3) is 0.292. The van der Waals surface area contributed by atoms with E-state index in [1.807, 2.05) is 37.3 Å². The van der Waals surface area contributed by atoms with Gasteiger partial charge in [-0.2, -0.15) is 11.8 Å². The van der Waals surface area contributed by atoms with Crippen LogP contribution in [0.1, 0.15) is 28.0 Å². The zero-order valence-electron chi connectivity index (χ0n) is 18.2. The van der Waals surface area contributed by atoms with Gasteiger partial charge in [-0.3, -0.25) is 19.8 Å². The minimum Gasteiger partial charge on any atom is -0.489 e. The predicted molar refractivity (Wildman–Crippen MR) is 125 cm³/mol. The van der Waals surface area contributed by atoms with Crippen molar-refractivity contribution in [3.63, 3.8) is 0 Å². The Morgan fingerprint density at radius 1 is 1.18 bits per heavy atom. The molecule has 0 radical (unpaired) electrons. The van der Waals surface area contributed by atoms with Crippen LogP contribution in [0.2, 0.25) is 0 Å². The molecule has 172 valence electrons. The number of fused-ring (bicyclic) bond motifs is 1. The third-order valence-electron chi connectivity index (χ3n) is 5.37. The quantitative estimate of drug-likeness (QED) is 0.265. The highest BCUT2D eigenvalue weighted by atomic mass is 32.2. The zero-order valence-corrected chi connectivity index (χ0v) is 19.0. The Hall–Kier alpha value is -3.14. The molecule has 1 saturated heterocycles. The van der Waals surface area contributed by atoms with E-state index in [0.29, 0.717) is 30.1 Å². The second-order valence-corrected chi connectivity index (χ2v) is 8.93. The zero-order chi connectivity index (χ0) is 23.3. The third-order valence-corrected chi connectivity index (χ3v) is 6.54. The van der Waals surface area contributed by atoms with E-state index < -0.39 is 11.6 Å². The molecule has 33 heavy (non-hydrogen) atoms. The van der Waals surface area contributed by atoms with E-state index in [-0.39, 0.29) is 12.5 Å². The SMILES string of the molecule is Cc1cc(COc2ccc(C(=O)NC3(OCC(=O)NO)CCSC3)cc2)c2ccccc2n1. The Kier molecular flexibility index (Phi) is 7.12. The van der Waals surface area contributed by atoms with Gasteiger partial charge < -0.3 is 14.8 Å². The van der Waals surface area contributed by atoms with Gasteiger partial charge in [-0.15, -0.1) is 0 Å². The number of hydrogen-bond acceptors (Lipinski definition) is 7. The van der Waals surface area contributed by atoms with Gasteiger partial charge >= 0.3 is 0 Å². The number of amides is 2. The van der Waals surface area contributed by atoms with E-state index in [9.17, 15) is 9.59 Å². The number of hydrogen-bond donors (Lipinski definition) is 3. The molecule has 1 aliphatic rings. The van der Waals surface area contributed by atoms with Crippen LogP contribution in [0.3, 0.4) is 0 Å². The van der Waals surface area contributed by atoms with Crippen LogP contribution in [0, 0.1) is 6.92 Å². The number of pyridine rings is 1. The summed E-state index contributed by atoms with van der Waals surface area (Å²) in [5.41, 5.74) is 3.95. The number of hydroxylamine groups is 1. The molecule has 4 rings (SSSR count). The van der Waals surface area contributed by atoms with Gasteiger partial charge in [-0.1, -0.05) is 18.2 Å². The van der Waals surface area contributed by atoms with Crippen LogP contribution < -0.4 is 15.5 Å². The monoisotopic (exact) mass is 467 g/mol. The van der Waals surface area contributed by atoms with Crippen LogP contribution in [0.5, 0.6) is 5.75 Å². The number of nitrogens with one attached hydrogen (secondary N) is 2. The van der Waals surface area contributed by atoms with E-state index in [2.05, 4.69) is 10.3 Å². The maximum atomic E-state index is 12.8. The molecular weight excluding hydrogens is 442 g/mol. The Morgan fingerprint density at radius 2 is 1.97 bits per heavy atom. The summed E-state index contributed by atoms with van der Waals surface area (Å²) in [5, 5.41) is 12.6. The molecule has 1 unspecified atom stereocenters. The number of thioether (sulfide) groups is 1. The van der Waals surface area contributed by atoms with E-state index >= 15 is 0 Å². The normalized spacial score (nSPS) is 17.6. The van der Waals surface area contributed by atoms with Crippen LogP contribution in [0.4, 0.5) is 0 Å². The minimum atomic E-state index is -0.941. The van der Waals surface area contributed by atoms with Crippen LogP contribution >= 0.6 is 11.8 Å². The number of aryl methyl sites for hydroxylation is 1. The summed E-state index contributed by atoms with van der Waals surface area (Å²) < 4.78 is 11.6. The van der Waals surface area contributed by atoms with Gasteiger partial charge in [0.1, 0.15) is 19.0 Å². The van der Waals surface area contributed by atoms with Gasteiger partial charge in [0, 0.05) is 34.4 Å². The molecule has 9 heteroatoms. The van der Waals surface area contributed by atoms with Crippen molar-refractivity contribution in [1.29, 1.82) is 0 Å². The first kappa shape index (κ1) is 23.0. The number of carbonyl (C=O) groups excluding carboxylic acids is 2. The average Bonchev–Trinajstić information content (AvgIpc) is 3.29. The van der Waals surface area contributed by atoms with E-state index in [1.165, 1.54) is 5.48 Å². The average molecular weight is 468 g/mol. The van der Waals surface area contributed by atoms with E-state index in [0.717, 1.165) is 27.9 Å². The first-order valence-electron chi connectivity index (χ1n) is 10.5. The molecule has 3 aromatic rings. The summed E-state index contributed by atoms with van der Waals surface area (Å²) in [5.74, 6) is 1.00. The maximum absolute atomic E-state index is 12.8. The first-order chi connectivity index (χ1) is 16.0. The smallest absolute Gasteiger partial charge is 0.269 e. The van der Waals surface area contributed by atoms with Gasteiger partial charge in [0.15, 0.2) is 5.72 Å². The molecular formula is C24H25N3O5S. The summed E-state index contributed by atoms with van der Waals surface area (Å²) in [6, 6.07) is 16.8. The van der Waals surface area contributed by atoms with Crippen molar-refractivity contribution in [2.24, 2.45) is 0 Å². The predicted octanol–water partition coefficient (Wildman–Crippen LogP) is 3.21. The summed E-state index contributed by atoms with van der Waals surface area (Å²) in [6.45, 7) is 2.00. The van der Waals surface area contributed by atoms with Crippen LogP contribution in [-0.2, 0) is 16.1 Å². The minimum absolute atomic E-state index is 0.302. The van der Waals surface area contributed by atoms with Gasteiger partial charge in [-0.25, -0.2) is 5.48 Å². The fourth-order valence-corrected chi connectivity index (χ4v) is 4.94. The van der Waals surface area contributed by atoms with Crippen molar-refractivity contribution in [3.8, 4) is 5.75 Å². The van der Waals surface area contributed by atoms with Crippen LogP contribution in [0.25, 0.3) is 10.9 Å². The highest BCUT2D eigenvalue weighted by molar-refractivity contribution is 7.99. The third kappa shape index (κ3) is 5.62. The number of carbonyl (C=O) groups is 2. The lowest BCUT2D eigenvalue weighted by Crippen LogP contribution is -2.52. The van der Waals surface area contributed by atoms with Gasteiger partial charge in [-0.05, 0) is 49.1 Å². The molecule has 1 aliphatic heterocycles. The largest absolute Gasteiger partial charge is 0.489 e. The lowest BCUT2D eigenvalue weighted by atomic mass is 10.1. The Bertz CT molecular complexity index is 1150. The van der Waals surface area contributed by atoms with Crippen molar-refractivity contribution in [2.45, 2.75) is 25.7 Å². The number of ether oxygens (including phenoxy) is 2. The lowest BCUT2D eigenvalue weighted by molar-refractivity contribution is -0.141. The van der Waals surface area contributed by atoms with Crippen molar-refractivity contribution >= 4 is 34.5 Å². The summed E-state index contributed by atoms with van der Waals surface area (Å²) in [4.78, 5) is 28.7. The van der Waals surface area contributed by atoms with Crippen molar-refractivity contribution < 1.29 is 24.3 Å². The summed E-state index contributed by atoms with van der Waals surface area (Å²) in [6.07, 6.45) is 0.572. The number of nitrogens with zero attached hydrogens (tertiary/aromatic N) is 1. The Balaban J connectivity index is 1.40. The van der Waals surface area contributed by atoms with Gasteiger partial charge in [0.2, 0.25) is 0 Å². The topological polar surface area (TPSA) is 110 Å². The fourth-order valence-electron chi connectivity index (χ4n) is 3.69. The Morgan fingerprint density at radius 3 is 2.70 bits per heavy atom. The lowest BCUT2D eigenvalue weighted by Gasteiger charge is -2.29. The molecule has 0 aliphatic carbocycles. The van der Waals surface area contributed by atoms with Crippen molar-refractivity contribution in [2.75, 3.05) is 18.1 Å². The number of para-hydroxylation sites is 1. The molecule has 1 atom stereocenters. The highest BCUT2D eigenvalue weighted by Crippen LogP contribution is 2.29. The van der Waals surface area contributed by atoms with Crippen molar-refractivity contribution in [1.82, 2.24) is 15.8 Å². The molecule has 0 saturated carbocycles. The summed E-state index contributed by atoms with van der Waals surface area (Å²) in [7, 11) is 0. The second-order valence-electron chi connectivity index (χ2n) is 7.83. The molecule has 2 heterocycles. The maximum Gasteiger partial charge on any atom is 0.269 e. The molecule has 2 aromatic carbocycles. The molecule has 0 spiro atoms. The number of rotatable bonds is 8. The standard InChI is InChI=1S/C24H25N3O5S/c1-16-12-18(20-4-2-3-5-21(20)25-16)13-31-19-8-6-17(7-9-19)23(29)26-24(10-11-33-15-24)32-14-22(28)27-30/h2-9,12,30H,10-11,13-15H2,1H3,(H,26,29)(H,27,28).